The zero-order valence-electron chi connectivity index (χ0n) is 28.4. The molecule has 46 heavy (non-hydrogen) atoms. The Morgan fingerprint density at radius 2 is 1.67 bits per heavy atom. The van der Waals surface area contributed by atoms with Gasteiger partial charge in [0, 0.05) is 16.7 Å². The van der Waals surface area contributed by atoms with Crippen molar-refractivity contribution in [2.24, 2.45) is 50.2 Å². The first-order chi connectivity index (χ1) is 21.5. The molecule has 0 bridgehead atoms. The monoisotopic (exact) mass is 627 g/mol. The predicted molar refractivity (Wildman–Crippen MR) is 173 cm³/mol. The van der Waals surface area contributed by atoms with E-state index in [1.54, 1.807) is 24.3 Å². The minimum atomic E-state index is -1.12. The van der Waals surface area contributed by atoms with Crippen molar-refractivity contribution in [3.8, 4) is 6.07 Å². The minimum Gasteiger partial charge on any atom is -0.469 e. The van der Waals surface area contributed by atoms with Crippen molar-refractivity contribution in [2.75, 3.05) is 13.7 Å². The van der Waals surface area contributed by atoms with Gasteiger partial charge in [-0.05, 0) is 91.2 Å². The molecule has 1 aromatic carbocycles. The van der Waals surface area contributed by atoms with Crippen molar-refractivity contribution in [3.63, 3.8) is 0 Å². The van der Waals surface area contributed by atoms with Crippen LogP contribution in [-0.4, -0.2) is 42.6 Å². The number of allylic oxidation sites excluding steroid dienone is 3. The summed E-state index contributed by atoms with van der Waals surface area (Å²) in [4.78, 5) is 41.3. The standard InChI is InChI=1S/C39H49NO6/c1-34(2)15-17-39(33(44)45-7)18-16-38(6)30(26(39)21-34)27(41)19-29-35(3)20-25(22-40)31(42)36(4,28(35)13-14-37(29,38)5)23-46-32(43)24-11-9-8-10-12-24/h8-12,19-20,26,28,30-31,42H,13-18,21,23H2,1-7H3/t26?,28-,30?,31?,35+,36+,37-,38-,39+/m1/s1. The first kappa shape index (κ1) is 32.7. The molecule has 3 saturated carbocycles. The number of ketones is 1. The van der Waals surface area contributed by atoms with Crippen LogP contribution in [0.3, 0.4) is 0 Å². The van der Waals surface area contributed by atoms with Crippen molar-refractivity contribution in [3.05, 3.63) is 59.2 Å². The molecule has 0 amide bonds. The third-order valence-corrected chi connectivity index (χ3v) is 14.0. The summed E-state index contributed by atoms with van der Waals surface area (Å²) < 4.78 is 11.3. The van der Waals surface area contributed by atoms with Crippen molar-refractivity contribution in [1.29, 1.82) is 5.26 Å². The number of esters is 2. The predicted octanol–water partition coefficient (Wildman–Crippen LogP) is 7.01. The van der Waals surface area contributed by atoms with E-state index in [0.717, 1.165) is 44.1 Å². The summed E-state index contributed by atoms with van der Waals surface area (Å²) in [6.45, 7) is 13.0. The number of rotatable bonds is 4. The lowest BCUT2D eigenvalue weighted by atomic mass is 9.34. The lowest BCUT2D eigenvalue weighted by Crippen LogP contribution is -2.66. The normalized spacial score (nSPS) is 42.5. The fraction of sp³-hybridized carbons (Fsp3) is 0.641. The van der Waals surface area contributed by atoms with Crippen LogP contribution in [0.1, 0.15) is 96.8 Å². The van der Waals surface area contributed by atoms with Gasteiger partial charge in [-0.2, -0.15) is 5.26 Å². The highest BCUT2D eigenvalue weighted by molar-refractivity contribution is 5.96. The van der Waals surface area contributed by atoms with Gasteiger partial charge in [-0.15, -0.1) is 0 Å². The number of methoxy groups -OCH3 is 1. The number of carbonyl (C=O) groups is 3. The quantitative estimate of drug-likeness (QED) is 0.357. The molecule has 3 unspecified atom stereocenters. The van der Waals surface area contributed by atoms with Gasteiger partial charge in [0.05, 0.1) is 35.8 Å². The molecule has 5 aliphatic carbocycles. The van der Waals surface area contributed by atoms with Gasteiger partial charge in [0.15, 0.2) is 5.78 Å². The van der Waals surface area contributed by atoms with Crippen LogP contribution in [0.15, 0.2) is 53.6 Å². The van der Waals surface area contributed by atoms with Gasteiger partial charge in [0.1, 0.15) is 6.61 Å². The summed E-state index contributed by atoms with van der Waals surface area (Å²) in [5, 5.41) is 21.9. The van der Waals surface area contributed by atoms with E-state index in [-0.39, 0.29) is 52.5 Å². The van der Waals surface area contributed by atoms with E-state index >= 15 is 0 Å². The molecule has 7 nitrogen and oxygen atoms in total. The second-order valence-corrected chi connectivity index (χ2v) is 16.7. The average molecular weight is 628 g/mol. The highest BCUT2D eigenvalue weighted by atomic mass is 16.5. The van der Waals surface area contributed by atoms with Gasteiger partial charge < -0.3 is 14.6 Å². The van der Waals surface area contributed by atoms with Crippen LogP contribution in [0.4, 0.5) is 0 Å². The van der Waals surface area contributed by atoms with E-state index in [0.29, 0.717) is 12.0 Å². The van der Waals surface area contributed by atoms with E-state index in [1.807, 2.05) is 25.1 Å². The summed E-state index contributed by atoms with van der Waals surface area (Å²) in [7, 11) is 1.47. The summed E-state index contributed by atoms with van der Waals surface area (Å²) in [6, 6.07) is 11.0. The molecule has 0 heterocycles. The molecule has 6 rings (SSSR count). The van der Waals surface area contributed by atoms with Gasteiger partial charge in [-0.3, -0.25) is 9.59 Å². The van der Waals surface area contributed by atoms with Gasteiger partial charge in [0.2, 0.25) is 0 Å². The highest BCUT2D eigenvalue weighted by Gasteiger charge is 2.71. The third kappa shape index (κ3) is 4.35. The maximum atomic E-state index is 14.7. The summed E-state index contributed by atoms with van der Waals surface area (Å²) in [5.74, 6) is -1.21. The molecular weight excluding hydrogens is 578 g/mol. The number of hydrogen-bond acceptors (Lipinski definition) is 7. The molecule has 1 aromatic rings. The highest BCUT2D eigenvalue weighted by Crippen LogP contribution is 2.74. The van der Waals surface area contributed by atoms with E-state index in [2.05, 4.69) is 40.7 Å². The lowest BCUT2D eigenvalue weighted by Gasteiger charge is -2.69. The fourth-order valence-corrected chi connectivity index (χ4v) is 11.2. The number of aliphatic hydroxyl groups excluding tert-OH is 1. The van der Waals surface area contributed by atoms with Crippen LogP contribution < -0.4 is 0 Å². The summed E-state index contributed by atoms with van der Waals surface area (Å²) in [6.07, 6.45) is 8.01. The number of nitrogens with zero attached hydrogens (tertiary/aromatic N) is 1. The molecule has 246 valence electrons. The fourth-order valence-electron chi connectivity index (χ4n) is 11.2. The van der Waals surface area contributed by atoms with Gasteiger partial charge in [-0.25, -0.2) is 4.79 Å². The van der Waals surface area contributed by atoms with Crippen LogP contribution in [0.5, 0.6) is 0 Å². The van der Waals surface area contributed by atoms with Crippen molar-refractivity contribution < 1.29 is 29.0 Å². The first-order valence-corrected chi connectivity index (χ1v) is 16.9. The number of ether oxygens (including phenoxy) is 2. The van der Waals surface area contributed by atoms with E-state index in [1.165, 1.54) is 7.11 Å². The summed E-state index contributed by atoms with van der Waals surface area (Å²) in [5.41, 5.74) is -1.46. The van der Waals surface area contributed by atoms with Crippen LogP contribution >= 0.6 is 0 Å². The Balaban J connectivity index is 1.43. The molecule has 9 atom stereocenters. The number of fused-ring (bicyclic) bond motifs is 7. The van der Waals surface area contributed by atoms with Crippen molar-refractivity contribution in [1.82, 2.24) is 0 Å². The third-order valence-electron chi connectivity index (χ3n) is 14.0. The number of hydrogen-bond donors (Lipinski definition) is 1. The van der Waals surface area contributed by atoms with Crippen molar-refractivity contribution in [2.45, 2.75) is 92.6 Å². The SMILES string of the molecule is COC(=O)[C@]12CCC(C)(C)CC1C1C(=O)C=C3[C@@]4(C)C=C(C#N)C(O)[C@@](C)(COC(=O)c5ccccc5)[C@@H]4CC[C@@]3(C)[C@]1(C)CC2. The van der Waals surface area contributed by atoms with Gasteiger partial charge in [0.25, 0.3) is 0 Å². The van der Waals surface area contributed by atoms with Crippen molar-refractivity contribution >= 4 is 17.7 Å². The second kappa shape index (κ2) is 10.6. The van der Waals surface area contributed by atoms with Crippen LogP contribution in [0.25, 0.3) is 0 Å². The topological polar surface area (TPSA) is 114 Å². The lowest BCUT2D eigenvalue weighted by molar-refractivity contribution is -0.192. The zero-order chi connectivity index (χ0) is 33.5. The molecule has 0 aromatic heterocycles. The molecule has 3 fully saturated rings. The van der Waals surface area contributed by atoms with E-state index in [9.17, 15) is 24.8 Å². The second-order valence-electron chi connectivity index (χ2n) is 16.7. The Kier molecular flexibility index (Phi) is 7.56. The smallest absolute Gasteiger partial charge is 0.338 e. The molecule has 0 saturated heterocycles. The van der Waals surface area contributed by atoms with Crippen LogP contribution in [0, 0.1) is 61.6 Å². The van der Waals surface area contributed by atoms with Crippen LogP contribution in [0.2, 0.25) is 0 Å². The molecule has 0 aliphatic heterocycles. The minimum absolute atomic E-state index is 0.0121. The molecular formula is C39H49NO6. The van der Waals surface area contributed by atoms with E-state index in [4.69, 9.17) is 9.47 Å². The Morgan fingerprint density at radius 1 is 1.00 bits per heavy atom. The largest absolute Gasteiger partial charge is 0.469 e. The molecule has 1 N–H and O–H groups in total. The van der Waals surface area contributed by atoms with E-state index < -0.39 is 33.7 Å². The van der Waals surface area contributed by atoms with Gasteiger partial charge >= 0.3 is 11.9 Å². The maximum Gasteiger partial charge on any atom is 0.338 e. The average Bonchev–Trinajstić information content (AvgIpc) is 3.02. The first-order valence-electron chi connectivity index (χ1n) is 16.9. The number of aliphatic hydroxyl groups is 1. The molecule has 0 spiro atoms. The molecule has 0 radical (unpaired) electrons. The Bertz CT molecular complexity index is 1570. The maximum absolute atomic E-state index is 14.7. The molecule has 5 aliphatic rings. The Labute approximate surface area is 273 Å². The zero-order valence-corrected chi connectivity index (χ0v) is 28.4. The molecule has 7 heteroatoms. The summed E-state index contributed by atoms with van der Waals surface area (Å²) >= 11 is 0. The number of nitriles is 1. The number of benzene rings is 1. The van der Waals surface area contributed by atoms with Crippen LogP contribution in [-0.2, 0) is 19.1 Å². The Morgan fingerprint density at radius 3 is 2.33 bits per heavy atom. The number of carbonyl (C=O) groups excluding carboxylic acids is 3. The van der Waals surface area contributed by atoms with Gasteiger partial charge in [-0.1, -0.05) is 71.4 Å². The Hall–Kier alpha value is -3.24.